The van der Waals surface area contributed by atoms with Crippen LogP contribution in [0.5, 0.6) is 0 Å². The van der Waals surface area contributed by atoms with Crippen LogP contribution in [0.25, 0.3) is 0 Å². The van der Waals surface area contributed by atoms with Crippen molar-refractivity contribution in [1.82, 2.24) is 4.98 Å². The van der Waals surface area contributed by atoms with E-state index >= 15 is 0 Å². The molecular formula is C13H10F6N2S. The van der Waals surface area contributed by atoms with Gasteiger partial charge in [0.2, 0.25) is 0 Å². The average molecular weight is 340 g/mol. The summed E-state index contributed by atoms with van der Waals surface area (Å²) < 4.78 is 75.8. The number of hydrogen-bond acceptors (Lipinski definition) is 2. The van der Waals surface area contributed by atoms with E-state index in [4.69, 9.17) is 0 Å². The minimum absolute atomic E-state index is 0.0346. The zero-order chi connectivity index (χ0) is 16.7. The van der Waals surface area contributed by atoms with Gasteiger partial charge in [-0.1, -0.05) is 19.4 Å². The molecule has 0 aliphatic heterocycles. The molecule has 1 heterocycles. The fourth-order valence-corrected chi connectivity index (χ4v) is 2.30. The van der Waals surface area contributed by atoms with Crippen molar-refractivity contribution in [2.24, 2.45) is 4.99 Å². The summed E-state index contributed by atoms with van der Waals surface area (Å²) in [5.41, 5.74) is 0.649. The van der Waals surface area contributed by atoms with E-state index in [1.165, 1.54) is 13.1 Å². The number of pyridine rings is 1. The Hall–Kier alpha value is -2.03. The first-order chi connectivity index (χ1) is 9.85. The first-order valence-corrected chi connectivity index (χ1v) is 7.81. The first-order valence-electron chi connectivity index (χ1n) is 5.85. The predicted molar refractivity (Wildman–Crippen MR) is 73.9 cm³/mol. The monoisotopic (exact) mass is 340 g/mol. The highest BCUT2D eigenvalue weighted by Gasteiger charge is 2.65. The second-order valence-corrected chi connectivity index (χ2v) is 6.96. The van der Waals surface area contributed by atoms with E-state index in [2.05, 4.69) is 9.98 Å². The van der Waals surface area contributed by atoms with Crippen LogP contribution < -0.4 is 0 Å². The molecule has 0 fully saturated rings. The zero-order valence-corrected chi connectivity index (χ0v) is 11.9. The summed E-state index contributed by atoms with van der Waals surface area (Å²) in [5.74, 6) is -0.594. The van der Waals surface area contributed by atoms with Crippen LogP contribution in [-0.4, -0.2) is 10.7 Å². The van der Waals surface area contributed by atoms with Crippen LogP contribution in [0.15, 0.2) is 52.6 Å². The average Bonchev–Trinajstić information content (AvgIpc) is 2.36. The number of aromatic nitrogens is 1. The molecule has 0 saturated heterocycles. The number of benzene rings is 1. The second-order valence-electron chi connectivity index (χ2n) is 4.55. The van der Waals surface area contributed by atoms with Crippen molar-refractivity contribution in [1.29, 1.82) is 0 Å². The minimum Gasteiger partial charge on any atom is -0.261 e. The number of rotatable bonds is 3. The summed E-state index contributed by atoms with van der Waals surface area (Å²) in [4.78, 5) is 5.58. The van der Waals surface area contributed by atoms with Gasteiger partial charge in [0.05, 0.1) is 11.9 Å². The molecule has 2 rings (SSSR count). The molecule has 0 atom stereocenters. The molecule has 0 saturated carbocycles. The molecule has 2 aromatic rings. The van der Waals surface area contributed by atoms with E-state index in [9.17, 15) is 23.8 Å². The predicted octanol–water partition coefficient (Wildman–Crippen LogP) is 6.02. The highest BCUT2D eigenvalue weighted by atomic mass is 32.5. The van der Waals surface area contributed by atoms with Gasteiger partial charge in [0.1, 0.15) is 10.7 Å². The molecule has 22 heavy (non-hydrogen) atoms. The molecule has 2 nitrogen and oxygen atoms in total. The van der Waals surface area contributed by atoms with Crippen LogP contribution in [0.1, 0.15) is 12.5 Å². The summed E-state index contributed by atoms with van der Waals surface area (Å²) in [6, 6.07) is 3.34. The largest absolute Gasteiger partial charge is 0.310 e. The molecule has 0 N–H and O–H groups in total. The van der Waals surface area contributed by atoms with Crippen molar-refractivity contribution < 1.29 is 23.8 Å². The molecule has 0 radical (unpaired) electrons. The van der Waals surface area contributed by atoms with Crippen LogP contribution in [0.2, 0.25) is 0 Å². The van der Waals surface area contributed by atoms with Crippen LogP contribution in [0.3, 0.4) is 0 Å². The lowest BCUT2D eigenvalue weighted by Gasteiger charge is -2.40. The number of hydrogen-bond donors (Lipinski definition) is 0. The molecule has 9 heteroatoms. The lowest BCUT2D eigenvalue weighted by molar-refractivity contribution is 0.364. The summed E-state index contributed by atoms with van der Waals surface area (Å²) in [6.45, 7) is 1.49. The third-order valence-electron chi connectivity index (χ3n) is 2.70. The maximum Gasteiger partial charge on any atom is 0.310 e. The maximum atomic E-state index is 13.0. The normalized spacial score (nSPS) is 16.0. The molecule has 1 aromatic carbocycles. The van der Waals surface area contributed by atoms with E-state index in [1.54, 1.807) is 0 Å². The second kappa shape index (κ2) is 4.48. The van der Waals surface area contributed by atoms with Crippen molar-refractivity contribution in [2.75, 3.05) is 0 Å². The molecule has 0 unspecified atom stereocenters. The molecule has 120 valence electrons. The van der Waals surface area contributed by atoms with Gasteiger partial charge in [-0.2, -0.15) is 0 Å². The van der Waals surface area contributed by atoms with Gasteiger partial charge in [-0.05, 0) is 37.3 Å². The van der Waals surface area contributed by atoms with Gasteiger partial charge in [0.15, 0.2) is 0 Å². The third-order valence-corrected chi connectivity index (χ3v) is 3.86. The Morgan fingerprint density at radius 1 is 1.00 bits per heavy atom. The Balaban J connectivity index is 2.35. The van der Waals surface area contributed by atoms with Crippen molar-refractivity contribution >= 4 is 21.6 Å². The Morgan fingerprint density at radius 2 is 1.59 bits per heavy atom. The fourth-order valence-electron chi connectivity index (χ4n) is 1.65. The van der Waals surface area contributed by atoms with Crippen LogP contribution in [-0.2, 0) is 0 Å². The van der Waals surface area contributed by atoms with E-state index in [-0.39, 0.29) is 23.5 Å². The van der Waals surface area contributed by atoms with Gasteiger partial charge in [0, 0.05) is 17.5 Å². The standard InChI is InChI=1S/C13H10F6N2S/c1-9(10-6-11(14)8-20-7-10)21-12-2-4-13(5-3-12)22(15,16,17,18)19/h2-8H,1H3/b21-9+. The van der Waals surface area contributed by atoms with E-state index in [0.717, 1.165) is 24.4 Å². The first kappa shape index (κ1) is 16.3. The van der Waals surface area contributed by atoms with E-state index in [0.29, 0.717) is 5.56 Å². The SMILES string of the molecule is C/C(=N\c1ccc(S(F)(F)(F)(F)F)cc1)c1cncc(F)c1. The molecule has 0 bridgehead atoms. The molecule has 0 aliphatic rings. The van der Waals surface area contributed by atoms with Crippen LogP contribution in [0, 0.1) is 5.82 Å². The third kappa shape index (κ3) is 4.00. The van der Waals surface area contributed by atoms with Gasteiger partial charge in [0.25, 0.3) is 0 Å². The van der Waals surface area contributed by atoms with Gasteiger partial charge < -0.3 is 0 Å². The fraction of sp³-hybridized carbons (Fsp3) is 0.0769. The van der Waals surface area contributed by atoms with Gasteiger partial charge in [-0.15, -0.1) is 0 Å². The molecule has 0 aliphatic carbocycles. The minimum atomic E-state index is -9.68. The van der Waals surface area contributed by atoms with Crippen molar-refractivity contribution in [3.63, 3.8) is 0 Å². The van der Waals surface area contributed by atoms with E-state index < -0.39 is 20.9 Å². The summed E-state index contributed by atoms with van der Waals surface area (Å²) in [5, 5.41) is 0. The Labute approximate surface area is 122 Å². The summed E-state index contributed by atoms with van der Waals surface area (Å²) in [7, 11) is -9.68. The van der Waals surface area contributed by atoms with Crippen molar-refractivity contribution in [2.45, 2.75) is 11.8 Å². The molecule has 1 aromatic heterocycles. The van der Waals surface area contributed by atoms with Gasteiger partial charge in [-0.3, -0.25) is 9.98 Å². The molecule has 0 spiro atoms. The number of halogens is 6. The lowest BCUT2D eigenvalue weighted by atomic mass is 10.2. The highest BCUT2D eigenvalue weighted by molar-refractivity contribution is 8.45. The van der Waals surface area contributed by atoms with Gasteiger partial charge >= 0.3 is 10.2 Å². The maximum absolute atomic E-state index is 13.0. The van der Waals surface area contributed by atoms with Crippen LogP contribution in [0.4, 0.5) is 29.5 Å². The van der Waals surface area contributed by atoms with Crippen molar-refractivity contribution in [3.8, 4) is 0 Å². The van der Waals surface area contributed by atoms with Gasteiger partial charge in [-0.25, -0.2) is 4.39 Å². The lowest BCUT2D eigenvalue weighted by Crippen LogP contribution is -2.05. The highest BCUT2D eigenvalue weighted by Crippen LogP contribution is 3.02. The zero-order valence-electron chi connectivity index (χ0n) is 11.1. The Morgan fingerprint density at radius 3 is 2.09 bits per heavy atom. The van der Waals surface area contributed by atoms with Crippen LogP contribution >= 0.6 is 10.2 Å². The molecular weight excluding hydrogens is 330 g/mol. The molecule has 0 amide bonds. The number of aliphatic imine (C=N–C) groups is 1. The Kier molecular flexibility index (Phi) is 3.33. The van der Waals surface area contributed by atoms with Crippen molar-refractivity contribution in [3.05, 3.63) is 54.1 Å². The summed E-state index contributed by atoms with van der Waals surface area (Å²) >= 11 is 0. The Bertz CT molecular complexity index is 738. The van der Waals surface area contributed by atoms with E-state index in [1.807, 2.05) is 0 Å². The number of nitrogens with zero attached hydrogens (tertiary/aromatic N) is 2. The summed E-state index contributed by atoms with van der Waals surface area (Å²) in [6.07, 6.45) is 2.31. The quantitative estimate of drug-likeness (QED) is 0.495. The smallest absolute Gasteiger partial charge is 0.261 e. The topological polar surface area (TPSA) is 25.2 Å².